The van der Waals surface area contributed by atoms with Gasteiger partial charge in [0.25, 0.3) is 0 Å². The summed E-state index contributed by atoms with van der Waals surface area (Å²) in [7, 11) is -3.34. The number of ether oxygens (including phenoxy) is 1. The van der Waals surface area contributed by atoms with Gasteiger partial charge in [-0.05, 0) is 37.5 Å². The highest BCUT2D eigenvalue weighted by molar-refractivity contribution is 7.91. The number of aryl methyl sites for hydroxylation is 1. The zero-order chi connectivity index (χ0) is 12.5. The normalized spacial score (nSPS) is 20.6. The van der Waals surface area contributed by atoms with Crippen LogP contribution in [0.3, 0.4) is 0 Å². The smallest absolute Gasteiger partial charge is 0.182 e. The molecule has 2 N–H and O–H groups in total. The fraction of sp³-hybridized carbons (Fsp3) is 0.500. The van der Waals surface area contributed by atoms with Crippen LogP contribution in [0.2, 0.25) is 0 Å². The highest BCUT2D eigenvalue weighted by Crippen LogP contribution is 2.24. The molecule has 4 nitrogen and oxygen atoms in total. The standard InChI is InChI=1S/C12H17NO3S/c1-9-4-5-12(11(13)7-9)17(14,15)8-10-3-2-6-16-10/h4-5,7,10H,2-3,6,8,13H2,1H3. The van der Waals surface area contributed by atoms with Gasteiger partial charge in [-0.15, -0.1) is 0 Å². The van der Waals surface area contributed by atoms with E-state index >= 15 is 0 Å². The Morgan fingerprint density at radius 3 is 2.82 bits per heavy atom. The maximum absolute atomic E-state index is 12.2. The van der Waals surface area contributed by atoms with Crippen molar-refractivity contribution in [1.82, 2.24) is 0 Å². The van der Waals surface area contributed by atoms with Crippen molar-refractivity contribution < 1.29 is 13.2 Å². The number of anilines is 1. The second-order valence-corrected chi connectivity index (χ2v) is 6.46. The van der Waals surface area contributed by atoms with Gasteiger partial charge in [0.05, 0.1) is 22.4 Å². The third kappa shape index (κ3) is 2.79. The van der Waals surface area contributed by atoms with Crippen molar-refractivity contribution >= 4 is 15.5 Å². The van der Waals surface area contributed by atoms with E-state index in [0.29, 0.717) is 12.3 Å². The molecule has 0 radical (unpaired) electrons. The molecule has 0 aliphatic carbocycles. The Morgan fingerprint density at radius 1 is 1.47 bits per heavy atom. The van der Waals surface area contributed by atoms with Crippen molar-refractivity contribution in [3.63, 3.8) is 0 Å². The van der Waals surface area contributed by atoms with E-state index in [0.717, 1.165) is 18.4 Å². The molecule has 0 amide bonds. The second kappa shape index (κ2) is 4.66. The zero-order valence-electron chi connectivity index (χ0n) is 9.85. The molecule has 5 heteroatoms. The molecule has 1 fully saturated rings. The van der Waals surface area contributed by atoms with Gasteiger partial charge < -0.3 is 10.5 Å². The Bertz CT molecular complexity index is 504. The first-order chi connectivity index (χ1) is 7.99. The first-order valence-electron chi connectivity index (χ1n) is 5.69. The zero-order valence-corrected chi connectivity index (χ0v) is 10.7. The molecule has 1 unspecified atom stereocenters. The Hall–Kier alpha value is -1.07. The van der Waals surface area contributed by atoms with Gasteiger partial charge in [-0.3, -0.25) is 0 Å². The van der Waals surface area contributed by atoms with Crippen LogP contribution in [0.5, 0.6) is 0 Å². The van der Waals surface area contributed by atoms with Crippen LogP contribution < -0.4 is 5.73 Å². The van der Waals surface area contributed by atoms with E-state index in [-0.39, 0.29) is 16.8 Å². The van der Waals surface area contributed by atoms with Crippen LogP contribution >= 0.6 is 0 Å². The van der Waals surface area contributed by atoms with Gasteiger partial charge in [-0.2, -0.15) is 0 Å². The Kier molecular flexibility index (Phi) is 3.40. The van der Waals surface area contributed by atoms with Crippen molar-refractivity contribution in [1.29, 1.82) is 0 Å². The lowest BCUT2D eigenvalue weighted by molar-refractivity contribution is 0.127. The average Bonchev–Trinajstić information content (AvgIpc) is 2.68. The SMILES string of the molecule is Cc1ccc(S(=O)(=O)CC2CCCO2)c(N)c1. The quantitative estimate of drug-likeness (QED) is 0.832. The van der Waals surface area contributed by atoms with Crippen molar-refractivity contribution in [2.24, 2.45) is 0 Å². The van der Waals surface area contributed by atoms with E-state index in [1.54, 1.807) is 18.2 Å². The predicted octanol–water partition coefficient (Wildman–Crippen LogP) is 1.53. The molecule has 0 spiro atoms. The Balaban J connectivity index is 2.24. The molecule has 17 heavy (non-hydrogen) atoms. The monoisotopic (exact) mass is 255 g/mol. The van der Waals surface area contributed by atoms with Gasteiger partial charge in [0.1, 0.15) is 0 Å². The van der Waals surface area contributed by atoms with E-state index in [4.69, 9.17) is 10.5 Å². The minimum atomic E-state index is -3.34. The average molecular weight is 255 g/mol. The highest BCUT2D eigenvalue weighted by atomic mass is 32.2. The summed E-state index contributed by atoms with van der Waals surface area (Å²) in [6.07, 6.45) is 1.56. The van der Waals surface area contributed by atoms with Crippen LogP contribution in [0.4, 0.5) is 5.69 Å². The molecule has 94 valence electrons. The predicted molar refractivity (Wildman–Crippen MR) is 66.6 cm³/mol. The van der Waals surface area contributed by atoms with Gasteiger partial charge >= 0.3 is 0 Å². The summed E-state index contributed by atoms with van der Waals surface area (Å²) in [5.41, 5.74) is 7.04. The third-order valence-electron chi connectivity index (χ3n) is 2.93. The first kappa shape index (κ1) is 12.4. The summed E-state index contributed by atoms with van der Waals surface area (Å²) in [5, 5.41) is 0. The summed E-state index contributed by atoms with van der Waals surface area (Å²) in [4.78, 5) is 0.221. The van der Waals surface area contributed by atoms with E-state index in [2.05, 4.69) is 0 Å². The third-order valence-corrected chi connectivity index (χ3v) is 4.78. The topological polar surface area (TPSA) is 69.4 Å². The molecular formula is C12H17NO3S. The maximum atomic E-state index is 12.2. The molecule has 0 saturated carbocycles. The van der Waals surface area contributed by atoms with Gasteiger partial charge in [0, 0.05) is 6.61 Å². The number of benzene rings is 1. The minimum Gasteiger partial charge on any atom is -0.398 e. The number of rotatable bonds is 3. The molecule has 1 atom stereocenters. The molecule has 1 aromatic carbocycles. The first-order valence-corrected chi connectivity index (χ1v) is 7.35. The minimum absolute atomic E-state index is 0.0280. The molecule has 0 aromatic heterocycles. The van der Waals surface area contributed by atoms with Crippen molar-refractivity contribution in [3.05, 3.63) is 23.8 Å². The highest BCUT2D eigenvalue weighted by Gasteiger charge is 2.26. The lowest BCUT2D eigenvalue weighted by Gasteiger charge is -2.12. The van der Waals surface area contributed by atoms with Crippen molar-refractivity contribution in [3.8, 4) is 0 Å². The van der Waals surface area contributed by atoms with E-state index in [9.17, 15) is 8.42 Å². The summed E-state index contributed by atoms with van der Waals surface area (Å²) in [6, 6.07) is 5.02. The van der Waals surface area contributed by atoms with Crippen LogP contribution in [-0.4, -0.2) is 26.9 Å². The van der Waals surface area contributed by atoms with Gasteiger partial charge in [-0.1, -0.05) is 6.07 Å². The van der Waals surface area contributed by atoms with Crippen molar-refractivity contribution in [2.75, 3.05) is 18.1 Å². The van der Waals surface area contributed by atoms with Gasteiger partial charge in [0.15, 0.2) is 9.84 Å². The largest absolute Gasteiger partial charge is 0.398 e. The number of sulfone groups is 1. The number of nitrogens with two attached hydrogens (primary N) is 1. The molecule has 1 saturated heterocycles. The van der Waals surface area contributed by atoms with Gasteiger partial charge in [0.2, 0.25) is 0 Å². The van der Waals surface area contributed by atoms with Crippen LogP contribution in [0.15, 0.2) is 23.1 Å². The summed E-state index contributed by atoms with van der Waals surface area (Å²) < 4.78 is 29.7. The Morgan fingerprint density at radius 2 is 2.24 bits per heavy atom. The number of hydrogen-bond acceptors (Lipinski definition) is 4. The molecule has 1 heterocycles. The number of nitrogen functional groups attached to an aromatic ring is 1. The van der Waals surface area contributed by atoms with Gasteiger partial charge in [-0.25, -0.2) is 8.42 Å². The summed E-state index contributed by atoms with van der Waals surface area (Å²) in [6.45, 7) is 2.54. The van der Waals surface area contributed by atoms with Crippen LogP contribution in [0.1, 0.15) is 18.4 Å². The van der Waals surface area contributed by atoms with Crippen LogP contribution in [0, 0.1) is 6.92 Å². The second-order valence-electron chi connectivity index (χ2n) is 4.46. The molecule has 0 bridgehead atoms. The lowest BCUT2D eigenvalue weighted by atomic mass is 10.2. The molecule has 1 aliphatic heterocycles. The van der Waals surface area contributed by atoms with E-state index < -0.39 is 9.84 Å². The molecule has 1 aromatic rings. The maximum Gasteiger partial charge on any atom is 0.182 e. The number of hydrogen-bond donors (Lipinski definition) is 1. The van der Waals surface area contributed by atoms with E-state index in [1.807, 2.05) is 6.92 Å². The summed E-state index contributed by atoms with van der Waals surface area (Å²) >= 11 is 0. The molecular weight excluding hydrogens is 238 g/mol. The fourth-order valence-electron chi connectivity index (χ4n) is 2.06. The van der Waals surface area contributed by atoms with E-state index in [1.165, 1.54) is 0 Å². The molecule has 1 aliphatic rings. The fourth-order valence-corrected chi connectivity index (χ4v) is 3.69. The summed E-state index contributed by atoms with van der Waals surface area (Å²) in [5.74, 6) is 0.0280. The lowest BCUT2D eigenvalue weighted by Crippen LogP contribution is -2.21. The van der Waals surface area contributed by atoms with Crippen LogP contribution in [0.25, 0.3) is 0 Å². The van der Waals surface area contributed by atoms with Crippen molar-refractivity contribution in [2.45, 2.75) is 30.8 Å². The van der Waals surface area contributed by atoms with Crippen LogP contribution in [-0.2, 0) is 14.6 Å². The molecule has 2 rings (SSSR count). The Labute approximate surface area is 102 Å².